The van der Waals surface area contributed by atoms with E-state index in [1.54, 1.807) is 11.3 Å². The second kappa shape index (κ2) is 8.15. The average Bonchev–Trinajstić information content (AvgIpc) is 2.95. The Morgan fingerprint density at radius 1 is 0.923 bits per heavy atom. The Morgan fingerprint density at radius 2 is 1.69 bits per heavy atom. The van der Waals surface area contributed by atoms with Crippen LogP contribution in [0.25, 0.3) is 16.9 Å². The molecule has 1 N–H and O–H groups in total. The monoisotopic (exact) mass is 362 g/mol. The zero-order valence-corrected chi connectivity index (χ0v) is 15.5. The number of aliphatic imine (C=N–C) groups is 1. The summed E-state index contributed by atoms with van der Waals surface area (Å²) in [6.45, 7) is 0.899. The summed E-state index contributed by atoms with van der Waals surface area (Å²) in [7, 11) is 0. The van der Waals surface area contributed by atoms with Gasteiger partial charge in [-0.2, -0.15) is 0 Å². The molecule has 2 heterocycles. The van der Waals surface area contributed by atoms with Crippen LogP contribution in [-0.4, -0.2) is 16.9 Å². The molecule has 0 saturated carbocycles. The number of hydrogen-bond donors (Lipinski definition) is 1. The van der Waals surface area contributed by atoms with E-state index in [2.05, 4.69) is 68.9 Å². The molecule has 1 aliphatic rings. The summed E-state index contributed by atoms with van der Waals surface area (Å²) in [6, 6.07) is 20.8. The van der Waals surface area contributed by atoms with Crippen molar-refractivity contribution < 1.29 is 0 Å². The van der Waals surface area contributed by atoms with Crippen LogP contribution < -0.4 is 10.2 Å². The number of nitrogens with zero attached hydrogens (tertiary/aromatic N) is 3. The Balaban J connectivity index is 1.76. The van der Waals surface area contributed by atoms with E-state index in [-0.39, 0.29) is 0 Å². The van der Waals surface area contributed by atoms with E-state index in [1.165, 1.54) is 24.8 Å². The van der Waals surface area contributed by atoms with E-state index < -0.39 is 0 Å². The van der Waals surface area contributed by atoms with Crippen LogP contribution in [0.5, 0.6) is 0 Å². The minimum Gasteiger partial charge on any atom is -0.284 e. The van der Waals surface area contributed by atoms with E-state index >= 15 is 0 Å². The lowest BCUT2D eigenvalue weighted by molar-refractivity contribution is 0.728. The second-order valence-electron chi connectivity index (χ2n) is 6.30. The third-order valence-corrected chi connectivity index (χ3v) is 5.27. The van der Waals surface area contributed by atoms with Gasteiger partial charge in [-0.15, -0.1) is 16.4 Å². The van der Waals surface area contributed by atoms with Crippen molar-refractivity contribution in [2.24, 2.45) is 10.1 Å². The van der Waals surface area contributed by atoms with Gasteiger partial charge >= 0.3 is 0 Å². The summed E-state index contributed by atoms with van der Waals surface area (Å²) in [5.74, 6) is 0.997. The highest BCUT2D eigenvalue weighted by Gasteiger charge is 2.10. The third kappa shape index (κ3) is 3.78. The maximum absolute atomic E-state index is 4.69. The Bertz CT molecular complexity index is 939. The highest BCUT2D eigenvalue weighted by molar-refractivity contribution is 7.07. The maximum atomic E-state index is 4.69. The van der Waals surface area contributed by atoms with Gasteiger partial charge in [0, 0.05) is 24.0 Å². The predicted octanol–water partition coefficient (Wildman–Crippen LogP) is 4.58. The molecule has 0 radical (unpaired) electrons. The minimum absolute atomic E-state index is 0.899. The van der Waals surface area contributed by atoms with Crippen LogP contribution >= 0.6 is 11.3 Å². The molecule has 0 spiro atoms. The van der Waals surface area contributed by atoms with Crippen LogP contribution in [0.1, 0.15) is 25.7 Å². The number of nitrogens with one attached hydrogen (secondary N) is 1. The zero-order chi connectivity index (χ0) is 17.6. The molecule has 0 unspecified atom stereocenters. The van der Waals surface area contributed by atoms with Gasteiger partial charge in [0.05, 0.1) is 5.69 Å². The minimum atomic E-state index is 0.899. The van der Waals surface area contributed by atoms with Gasteiger partial charge in [0.25, 0.3) is 0 Å². The molecule has 4 rings (SSSR count). The molecular formula is C21H22N4S. The standard InChI is InChI=1S/C21H22N4S/c1-4-10-17(11-5-1)19-16-26-21(25(19)18-12-6-2-7-13-18)24-23-20-14-8-3-9-15-22-20/h1-2,4-7,10-13,16H,3,8-9,14-15H2,(H,22,23)/b24-21+. The fourth-order valence-electron chi connectivity index (χ4n) is 3.10. The topological polar surface area (TPSA) is 41.7 Å². The third-order valence-electron chi connectivity index (χ3n) is 4.45. The van der Waals surface area contributed by atoms with Crippen LogP contribution in [0, 0.1) is 0 Å². The molecular weight excluding hydrogens is 340 g/mol. The summed E-state index contributed by atoms with van der Waals surface area (Å²) in [5.41, 5.74) is 6.65. The summed E-state index contributed by atoms with van der Waals surface area (Å²) in [6.07, 6.45) is 4.58. The first-order valence-corrected chi connectivity index (χ1v) is 9.94. The molecule has 0 fully saturated rings. The maximum Gasteiger partial charge on any atom is 0.213 e. The van der Waals surface area contributed by atoms with Gasteiger partial charge < -0.3 is 0 Å². The van der Waals surface area contributed by atoms with Crippen molar-refractivity contribution in [2.75, 3.05) is 6.54 Å². The molecule has 132 valence electrons. The van der Waals surface area contributed by atoms with Gasteiger partial charge in [0.1, 0.15) is 5.84 Å². The first-order valence-electron chi connectivity index (χ1n) is 9.06. The molecule has 4 nitrogen and oxygen atoms in total. The fourth-order valence-corrected chi connectivity index (χ4v) is 3.97. The summed E-state index contributed by atoms with van der Waals surface area (Å²) in [4.78, 5) is 5.53. The summed E-state index contributed by atoms with van der Waals surface area (Å²) >= 11 is 1.64. The first kappa shape index (κ1) is 16.8. The molecule has 0 bridgehead atoms. The van der Waals surface area contributed by atoms with E-state index in [0.29, 0.717) is 0 Å². The molecule has 0 aliphatic carbocycles. The largest absolute Gasteiger partial charge is 0.284 e. The number of para-hydroxylation sites is 1. The average molecular weight is 363 g/mol. The Kier molecular flexibility index (Phi) is 5.26. The highest BCUT2D eigenvalue weighted by atomic mass is 32.1. The predicted molar refractivity (Wildman–Crippen MR) is 109 cm³/mol. The lowest BCUT2D eigenvalue weighted by Gasteiger charge is -2.09. The van der Waals surface area contributed by atoms with Crippen LogP contribution in [0.2, 0.25) is 0 Å². The fraction of sp³-hybridized carbons (Fsp3) is 0.238. The molecule has 0 saturated heterocycles. The van der Waals surface area contributed by atoms with E-state index in [9.17, 15) is 0 Å². The van der Waals surface area contributed by atoms with Crippen LogP contribution in [0.15, 0.2) is 76.1 Å². The number of hydrogen-bond acceptors (Lipinski definition) is 4. The first-order chi connectivity index (χ1) is 12.9. The van der Waals surface area contributed by atoms with Gasteiger partial charge in [-0.25, -0.2) is 0 Å². The molecule has 2 aromatic carbocycles. The second-order valence-corrected chi connectivity index (χ2v) is 7.14. The Hall–Kier alpha value is -2.66. The number of thiazole rings is 1. The van der Waals surface area contributed by atoms with Crippen molar-refractivity contribution in [2.45, 2.75) is 25.7 Å². The zero-order valence-electron chi connectivity index (χ0n) is 14.6. The number of benzene rings is 2. The Labute approximate surface area is 157 Å². The number of rotatable bonds is 3. The quantitative estimate of drug-likeness (QED) is 0.681. The molecule has 0 atom stereocenters. The molecule has 0 amide bonds. The summed E-state index contributed by atoms with van der Waals surface area (Å²) in [5, 5.41) is 6.86. The van der Waals surface area contributed by atoms with E-state index in [1.807, 2.05) is 12.1 Å². The molecule has 1 aliphatic heterocycles. The van der Waals surface area contributed by atoms with Gasteiger partial charge in [-0.1, -0.05) is 55.0 Å². The molecule has 1 aromatic heterocycles. The molecule has 26 heavy (non-hydrogen) atoms. The lowest BCUT2D eigenvalue weighted by Crippen LogP contribution is -2.24. The van der Waals surface area contributed by atoms with Crippen molar-refractivity contribution in [1.82, 2.24) is 9.99 Å². The summed E-state index contributed by atoms with van der Waals surface area (Å²) < 4.78 is 2.20. The van der Waals surface area contributed by atoms with Crippen molar-refractivity contribution in [1.29, 1.82) is 0 Å². The van der Waals surface area contributed by atoms with Crippen LogP contribution in [0.4, 0.5) is 0 Å². The van der Waals surface area contributed by atoms with Crippen LogP contribution in [-0.2, 0) is 0 Å². The van der Waals surface area contributed by atoms with Crippen molar-refractivity contribution in [3.63, 3.8) is 0 Å². The van der Waals surface area contributed by atoms with Gasteiger partial charge in [-0.05, 0) is 30.5 Å². The Morgan fingerprint density at radius 3 is 2.50 bits per heavy atom. The van der Waals surface area contributed by atoms with Gasteiger partial charge in [0.2, 0.25) is 4.80 Å². The number of aromatic nitrogens is 1. The number of amidine groups is 1. The van der Waals surface area contributed by atoms with Crippen molar-refractivity contribution in [3.05, 3.63) is 70.8 Å². The molecule has 5 heteroatoms. The SMILES string of the molecule is c1ccc(-c2cs/c(=N/NC3=NCCCCC3)n2-c2ccccc2)cc1. The van der Waals surface area contributed by atoms with E-state index in [4.69, 9.17) is 5.10 Å². The smallest absolute Gasteiger partial charge is 0.213 e. The van der Waals surface area contributed by atoms with E-state index in [0.717, 1.165) is 35.0 Å². The van der Waals surface area contributed by atoms with Crippen molar-refractivity contribution in [3.8, 4) is 16.9 Å². The van der Waals surface area contributed by atoms with Gasteiger partial charge in [0.15, 0.2) is 0 Å². The highest BCUT2D eigenvalue weighted by Crippen LogP contribution is 2.23. The van der Waals surface area contributed by atoms with Crippen LogP contribution in [0.3, 0.4) is 0 Å². The van der Waals surface area contributed by atoms with Gasteiger partial charge in [-0.3, -0.25) is 15.0 Å². The lowest BCUT2D eigenvalue weighted by atomic mass is 10.1. The van der Waals surface area contributed by atoms with Crippen molar-refractivity contribution >= 4 is 17.2 Å². The molecule has 3 aromatic rings. The normalized spacial score (nSPS) is 15.4.